The van der Waals surface area contributed by atoms with Crippen molar-refractivity contribution < 1.29 is 28.2 Å². The highest BCUT2D eigenvalue weighted by atomic mass is 19.1. The van der Waals surface area contributed by atoms with Gasteiger partial charge in [-0.1, -0.05) is 0 Å². The van der Waals surface area contributed by atoms with Crippen molar-refractivity contribution >= 4 is 22.6 Å². The molecule has 1 aromatic heterocycles. The van der Waals surface area contributed by atoms with Crippen LogP contribution in [0.15, 0.2) is 28.5 Å². The molecule has 1 aromatic carbocycles. The van der Waals surface area contributed by atoms with Crippen molar-refractivity contribution in [2.24, 2.45) is 5.73 Å². The lowest BCUT2D eigenvalue weighted by Gasteiger charge is -2.32. The molecule has 0 amide bonds. The molecule has 1 atom stereocenters. The van der Waals surface area contributed by atoms with Crippen LogP contribution in [0.2, 0.25) is 0 Å². The van der Waals surface area contributed by atoms with E-state index in [1.165, 1.54) is 6.20 Å². The maximum atomic E-state index is 15.3. The monoisotopic (exact) mass is 421 g/mol. The molecule has 160 valence electrons. The number of carboxylic acids is 1. The smallest absolute Gasteiger partial charge is 0.341 e. The summed E-state index contributed by atoms with van der Waals surface area (Å²) < 4.78 is 42.3. The minimum atomic E-state index is -1.38. The van der Waals surface area contributed by atoms with Crippen molar-refractivity contribution in [3.8, 4) is 5.75 Å². The summed E-state index contributed by atoms with van der Waals surface area (Å²) >= 11 is 0. The first kappa shape index (κ1) is 20.3. The zero-order chi connectivity index (χ0) is 21.6. The van der Waals surface area contributed by atoms with E-state index in [-0.39, 0.29) is 62.3 Å². The molecular weight excluding hydrogens is 400 g/mol. The molecule has 4 rings (SSSR count). The minimum Gasteiger partial charge on any atom is -0.487 e. The molecule has 2 aliphatic heterocycles. The summed E-state index contributed by atoms with van der Waals surface area (Å²) in [5.74, 6) is -2.53. The number of carboxylic acid groups (broad SMARTS) is 1. The fourth-order valence-electron chi connectivity index (χ4n) is 3.88. The highest BCUT2D eigenvalue weighted by molar-refractivity contribution is 5.97. The summed E-state index contributed by atoms with van der Waals surface area (Å²) in [5, 5.41) is 9.29. The van der Waals surface area contributed by atoms with Crippen molar-refractivity contribution in [1.82, 2.24) is 4.57 Å². The molecule has 2 aromatic rings. The molecule has 0 spiro atoms. The van der Waals surface area contributed by atoms with E-state index < -0.39 is 28.6 Å². The average molecular weight is 421 g/mol. The number of rotatable bonds is 3. The van der Waals surface area contributed by atoms with Crippen LogP contribution in [-0.2, 0) is 4.74 Å². The number of nitrogens with zero attached hydrogens (tertiary/aromatic N) is 2. The van der Waals surface area contributed by atoms with Crippen molar-refractivity contribution in [2.75, 3.05) is 44.4 Å². The minimum absolute atomic E-state index is 0.0502. The van der Waals surface area contributed by atoms with Crippen LogP contribution in [0.1, 0.15) is 23.3 Å². The first-order chi connectivity index (χ1) is 14.3. The van der Waals surface area contributed by atoms with Crippen molar-refractivity contribution in [3.05, 3.63) is 45.3 Å². The third kappa shape index (κ3) is 3.21. The Kier molecular flexibility index (Phi) is 5.20. The zero-order valence-electron chi connectivity index (χ0n) is 16.3. The van der Waals surface area contributed by atoms with Crippen LogP contribution in [0.4, 0.5) is 14.5 Å². The topological polar surface area (TPSA) is 107 Å². The number of benzene rings is 1. The molecule has 0 saturated carbocycles. The summed E-state index contributed by atoms with van der Waals surface area (Å²) in [7, 11) is 0. The Hall–Kier alpha value is -2.98. The third-order valence-corrected chi connectivity index (χ3v) is 5.41. The number of anilines is 1. The Labute approximate surface area is 170 Å². The lowest BCUT2D eigenvalue weighted by molar-refractivity contribution is 0.0694. The van der Waals surface area contributed by atoms with Gasteiger partial charge in [-0.15, -0.1) is 0 Å². The number of hydrogen-bond acceptors (Lipinski definition) is 6. The van der Waals surface area contributed by atoms with Crippen LogP contribution in [0, 0.1) is 5.82 Å². The van der Waals surface area contributed by atoms with Gasteiger partial charge in [-0.3, -0.25) is 4.79 Å². The molecule has 0 bridgehead atoms. The number of aromatic nitrogens is 1. The molecule has 1 saturated heterocycles. The second-order valence-electron chi connectivity index (χ2n) is 7.36. The molecule has 2 aliphatic rings. The molecule has 0 aliphatic carbocycles. The number of halogens is 2. The Bertz CT molecular complexity index is 1130. The SMILES string of the molecule is CC1COc2c(N3CCOCC(=C(F)CN)C3)c(F)cc3c(=O)c(C(=O)O)cn1c23. The van der Waals surface area contributed by atoms with Gasteiger partial charge in [0.15, 0.2) is 11.6 Å². The third-order valence-electron chi connectivity index (χ3n) is 5.41. The second-order valence-corrected chi connectivity index (χ2v) is 7.36. The molecule has 3 heterocycles. The predicted octanol–water partition coefficient (Wildman–Crippen LogP) is 1.81. The summed E-state index contributed by atoms with van der Waals surface area (Å²) in [6, 6.07) is 0.754. The van der Waals surface area contributed by atoms with Gasteiger partial charge in [-0.2, -0.15) is 0 Å². The number of carbonyl (C=O) groups is 1. The van der Waals surface area contributed by atoms with Crippen molar-refractivity contribution in [1.29, 1.82) is 0 Å². The van der Waals surface area contributed by atoms with E-state index in [0.717, 1.165) is 6.07 Å². The van der Waals surface area contributed by atoms with Crippen molar-refractivity contribution in [3.63, 3.8) is 0 Å². The van der Waals surface area contributed by atoms with Gasteiger partial charge >= 0.3 is 5.97 Å². The van der Waals surface area contributed by atoms with Gasteiger partial charge in [0.25, 0.3) is 0 Å². The maximum absolute atomic E-state index is 15.3. The van der Waals surface area contributed by atoms with Gasteiger partial charge in [-0.25, -0.2) is 13.6 Å². The fraction of sp³-hybridized carbons (Fsp3) is 0.400. The van der Waals surface area contributed by atoms with Crippen LogP contribution in [0.3, 0.4) is 0 Å². The van der Waals surface area contributed by atoms with Gasteiger partial charge in [-0.05, 0) is 13.0 Å². The quantitative estimate of drug-likeness (QED) is 0.778. The first-order valence-electron chi connectivity index (χ1n) is 9.50. The lowest BCUT2D eigenvalue weighted by Crippen LogP contribution is -2.32. The molecule has 0 radical (unpaired) electrons. The highest BCUT2D eigenvalue weighted by Crippen LogP contribution is 2.42. The number of pyridine rings is 1. The Morgan fingerprint density at radius 3 is 2.90 bits per heavy atom. The van der Waals surface area contributed by atoms with Gasteiger partial charge in [0.2, 0.25) is 5.43 Å². The van der Waals surface area contributed by atoms with Gasteiger partial charge in [0.05, 0.1) is 30.2 Å². The van der Waals surface area contributed by atoms with Gasteiger partial charge in [0.1, 0.15) is 23.7 Å². The van der Waals surface area contributed by atoms with Crippen molar-refractivity contribution in [2.45, 2.75) is 13.0 Å². The van der Waals surface area contributed by atoms with E-state index in [1.807, 2.05) is 0 Å². The summed E-state index contributed by atoms with van der Waals surface area (Å²) in [5.41, 5.74) is 4.89. The highest BCUT2D eigenvalue weighted by Gasteiger charge is 2.31. The Morgan fingerprint density at radius 1 is 1.43 bits per heavy atom. The number of ether oxygens (including phenoxy) is 2. The number of aromatic carboxylic acids is 1. The summed E-state index contributed by atoms with van der Waals surface area (Å²) in [6.07, 6.45) is 1.26. The van der Waals surface area contributed by atoms with E-state index in [2.05, 4.69) is 0 Å². The molecule has 8 nitrogen and oxygen atoms in total. The fourth-order valence-corrected chi connectivity index (χ4v) is 3.88. The Balaban J connectivity index is 1.97. The van der Waals surface area contributed by atoms with Crippen LogP contribution < -0.4 is 20.8 Å². The molecule has 1 fully saturated rings. The van der Waals surface area contributed by atoms with E-state index in [0.29, 0.717) is 11.1 Å². The van der Waals surface area contributed by atoms with E-state index in [9.17, 15) is 19.1 Å². The van der Waals surface area contributed by atoms with E-state index in [4.69, 9.17) is 15.2 Å². The second kappa shape index (κ2) is 7.69. The summed E-state index contributed by atoms with van der Waals surface area (Å²) in [6.45, 7) is 2.28. The zero-order valence-corrected chi connectivity index (χ0v) is 16.3. The van der Waals surface area contributed by atoms with Crippen LogP contribution >= 0.6 is 0 Å². The average Bonchev–Trinajstić information content (AvgIpc) is 2.97. The maximum Gasteiger partial charge on any atom is 0.341 e. The largest absolute Gasteiger partial charge is 0.487 e. The molecular formula is C20H21F2N3O5. The van der Waals surface area contributed by atoms with Crippen LogP contribution in [-0.4, -0.2) is 55.1 Å². The van der Waals surface area contributed by atoms with E-state index >= 15 is 4.39 Å². The predicted molar refractivity (Wildman–Crippen MR) is 106 cm³/mol. The van der Waals surface area contributed by atoms with Gasteiger partial charge < -0.3 is 29.8 Å². The number of nitrogens with two attached hydrogens (primary N) is 1. The standard InChI is InChI=1S/C20H21F2N3O5/c1-10-8-30-19-16-12(18(26)13(20(27)28)7-25(10)16)4-14(21)17(19)24-2-3-29-9-11(6-24)15(22)5-23/h4,7,10H,2-3,5-6,8-9,23H2,1H3,(H,27,28). The van der Waals surface area contributed by atoms with Crippen LogP contribution in [0.5, 0.6) is 5.75 Å². The van der Waals surface area contributed by atoms with Crippen LogP contribution in [0.25, 0.3) is 10.9 Å². The molecule has 10 heteroatoms. The molecule has 30 heavy (non-hydrogen) atoms. The summed E-state index contributed by atoms with van der Waals surface area (Å²) in [4.78, 5) is 25.8. The molecule has 3 N–H and O–H groups in total. The number of hydrogen-bond donors (Lipinski definition) is 2. The Morgan fingerprint density at radius 2 is 2.20 bits per heavy atom. The lowest BCUT2D eigenvalue weighted by atomic mass is 10.1. The van der Waals surface area contributed by atoms with E-state index in [1.54, 1.807) is 16.4 Å². The molecule has 1 unspecified atom stereocenters. The normalized spacial score (nSPS) is 20.7. The van der Waals surface area contributed by atoms with Gasteiger partial charge in [0, 0.05) is 31.4 Å². The first-order valence-corrected chi connectivity index (χ1v) is 9.50.